The molecule has 0 radical (unpaired) electrons. The average molecular weight is 244 g/mol. The van der Waals surface area contributed by atoms with Crippen LogP contribution in [-0.4, -0.2) is 34.9 Å². The quantitative estimate of drug-likeness (QED) is 0.596. The number of carbonyl (C=O) groups excluding carboxylic acids is 1. The van der Waals surface area contributed by atoms with Crippen LogP contribution in [0.4, 0.5) is 0 Å². The number of hydroxylamine groups is 2. The van der Waals surface area contributed by atoms with Crippen LogP contribution in [0, 0.1) is 6.92 Å². The van der Waals surface area contributed by atoms with E-state index in [0.717, 1.165) is 16.3 Å². The Labute approximate surface area is 99.2 Å². The van der Waals surface area contributed by atoms with Gasteiger partial charge in [-0.15, -0.1) is 0 Å². The molecule has 1 rings (SSSR count). The molecule has 5 nitrogen and oxygen atoms in total. The number of carbonyl (C=O) groups is 1. The number of rotatable bonds is 3. The van der Waals surface area contributed by atoms with Gasteiger partial charge in [-0.05, 0) is 13.0 Å². The molecule has 1 aromatic heterocycles. The Bertz CT molecular complexity index is 426. The second-order valence-electron chi connectivity index (χ2n) is 3.27. The Morgan fingerprint density at radius 2 is 2.25 bits per heavy atom. The highest BCUT2D eigenvalue weighted by molar-refractivity contribution is 6.31. The topological polar surface area (TPSA) is 47.4 Å². The molecule has 88 valence electrons. The minimum Gasteiger partial charge on any atom is -0.274 e. The normalized spacial score (nSPS) is 11.1. The van der Waals surface area contributed by atoms with Crippen molar-refractivity contribution in [2.45, 2.75) is 6.92 Å². The van der Waals surface area contributed by atoms with E-state index < -0.39 is 0 Å². The van der Waals surface area contributed by atoms with Crippen LogP contribution in [0.1, 0.15) is 11.3 Å². The fourth-order valence-electron chi connectivity index (χ4n) is 1.19. The molecule has 0 saturated heterocycles. The van der Waals surface area contributed by atoms with Crippen molar-refractivity contribution in [1.82, 2.24) is 14.8 Å². The number of hydrogen-bond acceptors (Lipinski definition) is 3. The van der Waals surface area contributed by atoms with Crippen LogP contribution >= 0.6 is 11.6 Å². The van der Waals surface area contributed by atoms with Gasteiger partial charge in [-0.25, -0.2) is 5.06 Å². The fraction of sp³-hybridized carbons (Fsp3) is 0.400. The zero-order valence-electron chi connectivity index (χ0n) is 9.69. The molecule has 0 spiro atoms. The molecule has 0 aliphatic carbocycles. The number of nitrogens with zero attached hydrogens (tertiary/aromatic N) is 3. The summed E-state index contributed by atoms with van der Waals surface area (Å²) in [6.07, 6.45) is 3.02. The fourth-order valence-corrected chi connectivity index (χ4v) is 1.42. The molecular formula is C10H14ClN3O2. The van der Waals surface area contributed by atoms with Crippen molar-refractivity contribution >= 4 is 23.6 Å². The number of halogens is 1. The molecule has 0 N–H and O–H groups in total. The first-order chi connectivity index (χ1) is 7.47. The second kappa shape index (κ2) is 5.14. The maximum atomic E-state index is 11.4. The zero-order chi connectivity index (χ0) is 12.3. The van der Waals surface area contributed by atoms with Gasteiger partial charge in [0.1, 0.15) is 5.15 Å². The maximum absolute atomic E-state index is 11.4. The summed E-state index contributed by atoms with van der Waals surface area (Å²) in [5.41, 5.74) is 1.51. The Balaban J connectivity index is 2.88. The van der Waals surface area contributed by atoms with Crippen molar-refractivity contribution in [3.8, 4) is 0 Å². The standard InChI is InChI=1S/C10H14ClN3O2/c1-7-8(10(11)13(2)12-7)5-6-9(15)14(3)16-4/h5-6H,1-4H3/b6-5+. The van der Waals surface area contributed by atoms with Crippen LogP contribution < -0.4 is 0 Å². The highest BCUT2D eigenvalue weighted by atomic mass is 35.5. The molecule has 16 heavy (non-hydrogen) atoms. The third kappa shape index (κ3) is 2.62. The lowest BCUT2D eigenvalue weighted by molar-refractivity contribution is -0.162. The molecule has 0 saturated carbocycles. The SMILES string of the molecule is CON(C)C(=O)/C=C/c1c(C)nn(C)c1Cl. The molecule has 6 heteroatoms. The third-order valence-electron chi connectivity index (χ3n) is 2.17. The van der Waals surface area contributed by atoms with Gasteiger partial charge < -0.3 is 0 Å². The number of amides is 1. The van der Waals surface area contributed by atoms with Gasteiger partial charge in [-0.3, -0.25) is 14.3 Å². The molecule has 0 aliphatic heterocycles. The summed E-state index contributed by atoms with van der Waals surface area (Å²) in [6, 6.07) is 0. The van der Waals surface area contributed by atoms with E-state index in [1.807, 2.05) is 6.92 Å². The monoisotopic (exact) mass is 243 g/mol. The molecule has 0 bridgehead atoms. The lowest BCUT2D eigenvalue weighted by atomic mass is 10.2. The van der Waals surface area contributed by atoms with E-state index in [2.05, 4.69) is 5.10 Å². The number of likely N-dealkylation sites (N-methyl/N-ethyl adjacent to an activating group) is 1. The maximum Gasteiger partial charge on any atom is 0.269 e. The average Bonchev–Trinajstić information content (AvgIpc) is 2.49. The van der Waals surface area contributed by atoms with Gasteiger partial charge in [-0.2, -0.15) is 5.10 Å². The van der Waals surface area contributed by atoms with Crippen molar-refractivity contribution in [2.24, 2.45) is 7.05 Å². The number of aromatic nitrogens is 2. The molecule has 0 fully saturated rings. The second-order valence-corrected chi connectivity index (χ2v) is 3.62. The smallest absolute Gasteiger partial charge is 0.269 e. The van der Waals surface area contributed by atoms with Gasteiger partial charge in [0.15, 0.2) is 0 Å². The lowest BCUT2D eigenvalue weighted by Gasteiger charge is -2.09. The van der Waals surface area contributed by atoms with Crippen LogP contribution in [0.5, 0.6) is 0 Å². The van der Waals surface area contributed by atoms with Crippen molar-refractivity contribution in [3.63, 3.8) is 0 Å². The molecular weight excluding hydrogens is 230 g/mol. The van der Waals surface area contributed by atoms with E-state index in [1.165, 1.54) is 20.2 Å². The lowest BCUT2D eigenvalue weighted by Crippen LogP contribution is -2.22. The molecule has 0 aromatic carbocycles. The van der Waals surface area contributed by atoms with E-state index in [4.69, 9.17) is 16.4 Å². The van der Waals surface area contributed by atoms with Gasteiger partial charge in [0.05, 0.1) is 12.8 Å². The van der Waals surface area contributed by atoms with Crippen LogP contribution in [0.2, 0.25) is 5.15 Å². The van der Waals surface area contributed by atoms with Crippen molar-refractivity contribution < 1.29 is 9.63 Å². The largest absolute Gasteiger partial charge is 0.274 e. The van der Waals surface area contributed by atoms with Crippen molar-refractivity contribution in [3.05, 3.63) is 22.5 Å². The van der Waals surface area contributed by atoms with Gasteiger partial charge in [-0.1, -0.05) is 11.6 Å². The summed E-state index contributed by atoms with van der Waals surface area (Å²) in [6.45, 7) is 1.83. The molecule has 1 amide bonds. The first kappa shape index (κ1) is 12.7. The summed E-state index contributed by atoms with van der Waals surface area (Å²) < 4.78 is 1.56. The third-order valence-corrected chi connectivity index (χ3v) is 2.62. The predicted molar refractivity (Wildman–Crippen MR) is 61.8 cm³/mol. The first-order valence-corrected chi connectivity index (χ1v) is 5.04. The van der Waals surface area contributed by atoms with E-state index in [1.54, 1.807) is 17.8 Å². The van der Waals surface area contributed by atoms with E-state index in [-0.39, 0.29) is 5.91 Å². The van der Waals surface area contributed by atoms with Crippen molar-refractivity contribution in [1.29, 1.82) is 0 Å². The summed E-state index contributed by atoms with van der Waals surface area (Å²) in [5.74, 6) is -0.262. The van der Waals surface area contributed by atoms with Gasteiger partial charge in [0.2, 0.25) is 0 Å². The summed E-state index contributed by atoms with van der Waals surface area (Å²) in [4.78, 5) is 16.2. The van der Waals surface area contributed by atoms with Gasteiger partial charge >= 0.3 is 0 Å². The summed E-state index contributed by atoms with van der Waals surface area (Å²) in [5, 5.41) is 5.75. The summed E-state index contributed by atoms with van der Waals surface area (Å²) in [7, 11) is 4.70. The minimum atomic E-state index is -0.262. The molecule has 0 atom stereocenters. The van der Waals surface area contributed by atoms with Crippen LogP contribution in [-0.2, 0) is 16.7 Å². The summed E-state index contributed by atoms with van der Waals surface area (Å²) >= 11 is 6.00. The Morgan fingerprint density at radius 1 is 1.62 bits per heavy atom. The van der Waals surface area contributed by atoms with E-state index >= 15 is 0 Å². The molecule has 1 heterocycles. The number of hydrogen-bond donors (Lipinski definition) is 0. The highest BCUT2D eigenvalue weighted by Crippen LogP contribution is 2.19. The zero-order valence-corrected chi connectivity index (χ0v) is 10.4. The minimum absolute atomic E-state index is 0.262. The van der Waals surface area contributed by atoms with Gasteiger partial charge in [0, 0.05) is 25.7 Å². The molecule has 0 unspecified atom stereocenters. The molecule has 0 aliphatic rings. The van der Waals surface area contributed by atoms with E-state index in [9.17, 15) is 4.79 Å². The Kier molecular flexibility index (Phi) is 4.09. The predicted octanol–water partition coefficient (Wildman–Crippen LogP) is 1.41. The van der Waals surface area contributed by atoms with Crippen LogP contribution in [0.25, 0.3) is 6.08 Å². The number of aryl methyl sites for hydroxylation is 2. The first-order valence-electron chi connectivity index (χ1n) is 4.66. The van der Waals surface area contributed by atoms with E-state index in [0.29, 0.717) is 5.15 Å². The van der Waals surface area contributed by atoms with Crippen LogP contribution in [0.3, 0.4) is 0 Å². The highest BCUT2D eigenvalue weighted by Gasteiger charge is 2.09. The van der Waals surface area contributed by atoms with Gasteiger partial charge in [0.25, 0.3) is 5.91 Å². The van der Waals surface area contributed by atoms with Crippen molar-refractivity contribution in [2.75, 3.05) is 14.2 Å². The van der Waals surface area contributed by atoms with Crippen LogP contribution in [0.15, 0.2) is 6.08 Å². The Hall–Kier alpha value is -1.33. The Morgan fingerprint density at radius 3 is 2.69 bits per heavy atom. The molecule has 1 aromatic rings.